The number of hydrogen-bond donors (Lipinski definition) is 0. The molecule has 1 amide bonds. The second kappa shape index (κ2) is 8.08. The zero-order valence-corrected chi connectivity index (χ0v) is 17.2. The Bertz CT molecular complexity index is 1030. The first kappa shape index (κ1) is 19.1. The van der Waals surface area contributed by atoms with Crippen LogP contribution >= 0.6 is 11.6 Å². The van der Waals surface area contributed by atoms with Crippen molar-refractivity contribution in [2.45, 2.75) is 19.3 Å². The van der Waals surface area contributed by atoms with Crippen molar-refractivity contribution in [3.8, 4) is 0 Å². The molecular formula is C22H22ClN5O2. The molecule has 0 bridgehead atoms. The largest absolute Gasteiger partial charge is 0.368 e. The molecule has 1 fully saturated rings. The lowest BCUT2D eigenvalue weighted by Crippen LogP contribution is -2.49. The molecule has 2 aromatic carbocycles. The van der Waals surface area contributed by atoms with E-state index in [1.807, 2.05) is 47.4 Å². The van der Waals surface area contributed by atoms with Gasteiger partial charge < -0.3 is 14.5 Å². The van der Waals surface area contributed by atoms with Gasteiger partial charge in [0.05, 0.1) is 18.8 Å². The number of ether oxygens (including phenoxy) is 1. The Labute approximate surface area is 179 Å². The molecule has 0 spiro atoms. The average molecular weight is 424 g/mol. The number of halogens is 1. The molecule has 0 radical (unpaired) electrons. The molecule has 154 valence electrons. The molecule has 2 aliphatic heterocycles. The smallest absolute Gasteiger partial charge is 0.276 e. The monoisotopic (exact) mass is 423 g/mol. The highest BCUT2D eigenvalue weighted by Gasteiger charge is 2.31. The van der Waals surface area contributed by atoms with E-state index < -0.39 is 0 Å². The number of anilines is 1. The van der Waals surface area contributed by atoms with E-state index in [0.717, 1.165) is 24.3 Å². The van der Waals surface area contributed by atoms with Gasteiger partial charge in [-0.05, 0) is 29.8 Å². The van der Waals surface area contributed by atoms with Gasteiger partial charge in [0.1, 0.15) is 6.10 Å². The minimum atomic E-state index is -0.131. The van der Waals surface area contributed by atoms with E-state index in [1.165, 1.54) is 5.69 Å². The Kier molecular flexibility index (Phi) is 5.14. The molecule has 8 heteroatoms. The minimum Gasteiger partial charge on any atom is -0.368 e. The van der Waals surface area contributed by atoms with Gasteiger partial charge >= 0.3 is 0 Å². The van der Waals surface area contributed by atoms with Gasteiger partial charge in [-0.3, -0.25) is 4.79 Å². The highest BCUT2D eigenvalue weighted by Crippen LogP contribution is 2.28. The molecule has 2 aliphatic rings. The first-order valence-corrected chi connectivity index (χ1v) is 10.5. The summed E-state index contributed by atoms with van der Waals surface area (Å²) < 4.78 is 7.81. The van der Waals surface area contributed by atoms with Crippen molar-refractivity contribution >= 4 is 23.2 Å². The summed E-state index contributed by atoms with van der Waals surface area (Å²) in [6, 6.07) is 17.9. The van der Waals surface area contributed by atoms with Crippen LogP contribution in [0.15, 0.2) is 54.6 Å². The van der Waals surface area contributed by atoms with Crippen molar-refractivity contribution in [2.24, 2.45) is 0 Å². The van der Waals surface area contributed by atoms with Gasteiger partial charge in [0, 0.05) is 36.9 Å². The molecule has 7 nitrogen and oxygen atoms in total. The number of hydrogen-bond acceptors (Lipinski definition) is 5. The number of piperazine rings is 1. The summed E-state index contributed by atoms with van der Waals surface area (Å²) in [6.45, 7) is 3.76. The molecule has 3 aromatic rings. The normalized spacial score (nSPS) is 18.9. The third-order valence-corrected chi connectivity index (χ3v) is 5.98. The first-order valence-electron chi connectivity index (χ1n) is 10.1. The van der Waals surface area contributed by atoms with Crippen LogP contribution in [0.2, 0.25) is 5.02 Å². The van der Waals surface area contributed by atoms with Crippen LogP contribution < -0.4 is 4.90 Å². The summed E-state index contributed by atoms with van der Waals surface area (Å²) in [5.74, 6) is -0.0718. The van der Waals surface area contributed by atoms with E-state index in [0.29, 0.717) is 37.0 Å². The van der Waals surface area contributed by atoms with E-state index in [-0.39, 0.29) is 12.0 Å². The third kappa shape index (κ3) is 3.66. The summed E-state index contributed by atoms with van der Waals surface area (Å²) in [6.07, 6.45) is -0.131. The molecule has 0 aliphatic carbocycles. The third-order valence-electron chi connectivity index (χ3n) is 5.73. The van der Waals surface area contributed by atoms with Crippen LogP contribution in [0.25, 0.3) is 0 Å². The lowest BCUT2D eigenvalue weighted by atomic mass is 10.1. The van der Waals surface area contributed by atoms with E-state index in [4.69, 9.17) is 16.3 Å². The van der Waals surface area contributed by atoms with Crippen molar-refractivity contribution in [1.29, 1.82) is 0 Å². The number of carbonyl (C=O) groups excluding carboxylic acids is 1. The van der Waals surface area contributed by atoms with Gasteiger partial charge in [0.2, 0.25) is 0 Å². The van der Waals surface area contributed by atoms with Crippen LogP contribution in [0.3, 0.4) is 0 Å². The van der Waals surface area contributed by atoms with Crippen LogP contribution in [-0.4, -0.2) is 52.0 Å². The molecule has 1 atom stereocenters. The maximum absolute atomic E-state index is 13.1. The zero-order valence-electron chi connectivity index (χ0n) is 16.4. The van der Waals surface area contributed by atoms with E-state index in [1.54, 1.807) is 4.68 Å². The second-order valence-corrected chi connectivity index (χ2v) is 7.97. The maximum atomic E-state index is 13.1. The number of aromatic nitrogens is 3. The van der Waals surface area contributed by atoms with Gasteiger partial charge in [-0.25, -0.2) is 4.68 Å². The highest BCUT2D eigenvalue weighted by molar-refractivity contribution is 6.30. The Balaban J connectivity index is 1.26. The fourth-order valence-corrected chi connectivity index (χ4v) is 4.14. The Morgan fingerprint density at radius 1 is 1.00 bits per heavy atom. The molecule has 3 heterocycles. The SMILES string of the molecule is O=C(c1nnn2c1COC(c1ccc(Cl)cc1)C2)N1CCN(c2ccccc2)CC1. The van der Waals surface area contributed by atoms with Crippen molar-refractivity contribution in [3.05, 3.63) is 76.6 Å². The number of rotatable bonds is 3. The van der Waals surface area contributed by atoms with Gasteiger partial charge in [-0.1, -0.05) is 47.1 Å². The Morgan fingerprint density at radius 2 is 1.73 bits per heavy atom. The summed E-state index contributed by atoms with van der Waals surface area (Å²) in [5, 5.41) is 9.12. The van der Waals surface area contributed by atoms with E-state index in [9.17, 15) is 4.79 Å². The summed E-state index contributed by atoms with van der Waals surface area (Å²) in [7, 11) is 0. The summed E-state index contributed by atoms with van der Waals surface area (Å²) in [5.41, 5.74) is 3.37. The molecule has 0 saturated carbocycles. The standard InChI is InChI=1S/C22H22ClN5O2/c23-17-8-6-16(7-9-17)20-14-28-19(15-30-20)21(24-25-28)22(29)27-12-10-26(11-13-27)18-4-2-1-3-5-18/h1-9,20H,10-15H2. The van der Waals surface area contributed by atoms with Crippen LogP contribution in [0.4, 0.5) is 5.69 Å². The molecule has 0 N–H and O–H groups in total. The van der Waals surface area contributed by atoms with Crippen molar-refractivity contribution in [3.63, 3.8) is 0 Å². The van der Waals surface area contributed by atoms with E-state index in [2.05, 4.69) is 27.3 Å². The first-order chi connectivity index (χ1) is 14.7. The second-order valence-electron chi connectivity index (χ2n) is 7.53. The fraction of sp³-hybridized carbons (Fsp3) is 0.318. The van der Waals surface area contributed by atoms with Crippen LogP contribution in [0.5, 0.6) is 0 Å². The number of amides is 1. The summed E-state index contributed by atoms with van der Waals surface area (Å²) >= 11 is 5.97. The molecule has 1 aromatic heterocycles. The van der Waals surface area contributed by atoms with Gasteiger partial charge in [0.15, 0.2) is 5.69 Å². The Hall–Kier alpha value is -2.90. The van der Waals surface area contributed by atoms with Crippen LogP contribution in [-0.2, 0) is 17.9 Å². The summed E-state index contributed by atoms with van der Waals surface area (Å²) in [4.78, 5) is 17.2. The van der Waals surface area contributed by atoms with E-state index >= 15 is 0 Å². The van der Waals surface area contributed by atoms with Crippen molar-refractivity contribution < 1.29 is 9.53 Å². The van der Waals surface area contributed by atoms with Crippen molar-refractivity contribution in [2.75, 3.05) is 31.1 Å². The van der Waals surface area contributed by atoms with Gasteiger partial charge in [-0.15, -0.1) is 5.10 Å². The zero-order chi connectivity index (χ0) is 20.5. The lowest BCUT2D eigenvalue weighted by Gasteiger charge is -2.36. The topological polar surface area (TPSA) is 63.5 Å². The lowest BCUT2D eigenvalue weighted by molar-refractivity contribution is -0.00196. The molecular weight excluding hydrogens is 402 g/mol. The number of fused-ring (bicyclic) bond motifs is 1. The quantitative estimate of drug-likeness (QED) is 0.647. The maximum Gasteiger partial charge on any atom is 0.276 e. The van der Waals surface area contributed by atoms with Crippen LogP contribution in [0.1, 0.15) is 27.8 Å². The molecule has 30 heavy (non-hydrogen) atoms. The van der Waals surface area contributed by atoms with Gasteiger partial charge in [0.25, 0.3) is 5.91 Å². The highest BCUT2D eigenvalue weighted by atomic mass is 35.5. The number of nitrogens with zero attached hydrogens (tertiary/aromatic N) is 5. The molecule has 1 saturated heterocycles. The predicted molar refractivity (Wildman–Crippen MR) is 114 cm³/mol. The minimum absolute atomic E-state index is 0.0718. The average Bonchev–Trinajstić information content (AvgIpc) is 3.23. The fourth-order valence-electron chi connectivity index (χ4n) is 4.01. The van der Waals surface area contributed by atoms with Crippen LogP contribution in [0, 0.1) is 0 Å². The molecule has 1 unspecified atom stereocenters. The Morgan fingerprint density at radius 3 is 2.47 bits per heavy atom. The number of para-hydroxylation sites is 1. The van der Waals surface area contributed by atoms with Crippen molar-refractivity contribution in [1.82, 2.24) is 19.9 Å². The number of carbonyl (C=O) groups is 1. The molecule has 5 rings (SSSR count). The number of benzene rings is 2. The predicted octanol–water partition coefficient (Wildman–Crippen LogP) is 3.17. The van der Waals surface area contributed by atoms with Gasteiger partial charge in [-0.2, -0.15) is 0 Å².